The first-order valence-electron chi connectivity index (χ1n) is 5.28. The van der Waals surface area contributed by atoms with Gasteiger partial charge in [-0.05, 0) is 18.2 Å². The molecule has 0 saturated carbocycles. The molecule has 0 aliphatic heterocycles. The smallest absolute Gasteiger partial charge is 0.175 e. The van der Waals surface area contributed by atoms with Crippen LogP contribution < -0.4 is 0 Å². The van der Waals surface area contributed by atoms with Crippen molar-refractivity contribution in [3.63, 3.8) is 0 Å². The molecule has 0 radical (unpaired) electrons. The van der Waals surface area contributed by atoms with Crippen LogP contribution in [0.25, 0.3) is 10.9 Å². The molecule has 0 amide bonds. The first-order valence-corrected chi connectivity index (χ1v) is 7.17. The second kappa shape index (κ2) is 4.00. The third-order valence-electron chi connectivity index (χ3n) is 2.70. The number of fused-ring (bicyclic) bond motifs is 1. The lowest BCUT2D eigenvalue weighted by Crippen LogP contribution is -1.98. The van der Waals surface area contributed by atoms with Crippen LogP contribution in [0.1, 0.15) is 23.7 Å². The zero-order valence-electron chi connectivity index (χ0n) is 9.65. The van der Waals surface area contributed by atoms with Crippen molar-refractivity contribution in [2.75, 3.05) is 6.26 Å². The Labute approximate surface area is 99.6 Å². The Bertz CT molecular complexity index is 683. The summed E-state index contributed by atoms with van der Waals surface area (Å²) in [5.74, 6) is 0.00176. The maximum Gasteiger partial charge on any atom is 0.175 e. The number of aromatic amines is 1. The highest BCUT2D eigenvalue weighted by atomic mass is 32.2. The Morgan fingerprint density at radius 1 is 1.35 bits per heavy atom. The van der Waals surface area contributed by atoms with Crippen molar-refractivity contribution in [2.24, 2.45) is 0 Å². The van der Waals surface area contributed by atoms with Gasteiger partial charge in [0.25, 0.3) is 0 Å². The van der Waals surface area contributed by atoms with Gasteiger partial charge in [-0.1, -0.05) is 6.92 Å². The number of sulfone groups is 1. The lowest BCUT2D eigenvalue weighted by atomic mass is 10.1. The number of rotatable bonds is 3. The molecule has 0 bridgehead atoms. The van der Waals surface area contributed by atoms with E-state index in [4.69, 9.17) is 0 Å². The average molecular weight is 251 g/mol. The number of hydrogen-bond acceptors (Lipinski definition) is 3. The summed E-state index contributed by atoms with van der Waals surface area (Å²) < 4.78 is 22.9. The van der Waals surface area contributed by atoms with E-state index in [2.05, 4.69) is 4.98 Å². The fourth-order valence-corrected chi connectivity index (χ4v) is 2.40. The molecule has 90 valence electrons. The number of hydrogen-bond donors (Lipinski definition) is 1. The van der Waals surface area contributed by atoms with Crippen molar-refractivity contribution in [1.82, 2.24) is 4.98 Å². The Hall–Kier alpha value is -1.62. The molecule has 0 spiro atoms. The van der Waals surface area contributed by atoms with Crippen LogP contribution in [-0.2, 0) is 9.84 Å². The highest BCUT2D eigenvalue weighted by Gasteiger charge is 2.13. The molecule has 0 atom stereocenters. The SMILES string of the molecule is CCC(=O)c1c[nH]c2ccc(S(C)(=O)=O)cc12. The predicted octanol–water partition coefficient (Wildman–Crippen LogP) is 2.16. The molecule has 2 rings (SSSR count). The number of nitrogens with one attached hydrogen (secondary N) is 1. The molecule has 17 heavy (non-hydrogen) atoms. The van der Waals surface area contributed by atoms with Gasteiger partial charge in [0.1, 0.15) is 0 Å². The minimum atomic E-state index is -3.25. The van der Waals surface area contributed by atoms with Crippen molar-refractivity contribution >= 4 is 26.5 Å². The molecule has 4 nitrogen and oxygen atoms in total. The molecule has 1 N–H and O–H groups in total. The zero-order valence-corrected chi connectivity index (χ0v) is 10.5. The quantitative estimate of drug-likeness (QED) is 0.850. The van der Waals surface area contributed by atoms with E-state index in [9.17, 15) is 13.2 Å². The zero-order chi connectivity index (χ0) is 12.6. The number of carbonyl (C=O) groups is 1. The van der Waals surface area contributed by atoms with Gasteiger partial charge in [0.05, 0.1) is 4.90 Å². The largest absolute Gasteiger partial charge is 0.360 e. The van der Waals surface area contributed by atoms with E-state index in [0.29, 0.717) is 17.4 Å². The van der Waals surface area contributed by atoms with Crippen LogP contribution in [0, 0.1) is 0 Å². The van der Waals surface area contributed by atoms with E-state index in [-0.39, 0.29) is 10.7 Å². The maximum absolute atomic E-state index is 11.7. The minimum Gasteiger partial charge on any atom is -0.360 e. The lowest BCUT2D eigenvalue weighted by Gasteiger charge is -2.00. The molecule has 1 heterocycles. The van der Waals surface area contributed by atoms with Gasteiger partial charge < -0.3 is 4.98 Å². The highest BCUT2D eigenvalue weighted by Crippen LogP contribution is 2.23. The summed E-state index contributed by atoms with van der Waals surface area (Å²) >= 11 is 0. The van der Waals surface area contributed by atoms with Crippen molar-refractivity contribution in [3.05, 3.63) is 30.0 Å². The fraction of sp³-hybridized carbons (Fsp3) is 0.250. The normalized spacial score (nSPS) is 11.9. The van der Waals surface area contributed by atoms with Crippen LogP contribution >= 0.6 is 0 Å². The molecule has 0 aliphatic rings. The molecule has 1 aromatic heterocycles. The second-order valence-electron chi connectivity index (χ2n) is 3.96. The van der Waals surface area contributed by atoms with E-state index in [1.165, 1.54) is 6.07 Å². The number of ketones is 1. The van der Waals surface area contributed by atoms with Gasteiger partial charge in [0.15, 0.2) is 15.6 Å². The Kier molecular flexibility index (Phi) is 2.79. The monoisotopic (exact) mass is 251 g/mol. The number of benzene rings is 1. The number of aromatic nitrogens is 1. The van der Waals surface area contributed by atoms with Gasteiger partial charge in [-0.25, -0.2) is 8.42 Å². The number of H-pyrrole nitrogens is 1. The van der Waals surface area contributed by atoms with Gasteiger partial charge in [0.2, 0.25) is 0 Å². The maximum atomic E-state index is 11.7. The van der Waals surface area contributed by atoms with E-state index < -0.39 is 9.84 Å². The van der Waals surface area contributed by atoms with Crippen LogP contribution in [-0.4, -0.2) is 25.4 Å². The summed E-state index contributed by atoms with van der Waals surface area (Å²) in [6.07, 6.45) is 3.18. The third-order valence-corrected chi connectivity index (χ3v) is 3.81. The number of carbonyl (C=O) groups excluding carboxylic acids is 1. The van der Waals surface area contributed by atoms with Gasteiger partial charge in [-0.3, -0.25) is 4.79 Å². The van der Waals surface area contributed by atoms with E-state index in [1.54, 1.807) is 25.3 Å². The molecule has 0 fully saturated rings. The summed E-state index contributed by atoms with van der Waals surface area (Å²) in [6, 6.07) is 4.76. The number of Topliss-reactive ketones (excluding diaryl/α,β-unsaturated/α-hetero) is 1. The minimum absolute atomic E-state index is 0.00176. The van der Waals surface area contributed by atoms with Gasteiger partial charge in [0, 0.05) is 35.3 Å². The standard InChI is InChI=1S/C12H13NO3S/c1-3-12(14)10-7-13-11-5-4-8(6-9(10)11)17(2,15)16/h4-7,13H,3H2,1-2H3. The van der Waals surface area contributed by atoms with Crippen molar-refractivity contribution < 1.29 is 13.2 Å². The summed E-state index contributed by atoms with van der Waals surface area (Å²) in [5, 5.41) is 0.666. The van der Waals surface area contributed by atoms with E-state index in [0.717, 1.165) is 11.8 Å². The van der Waals surface area contributed by atoms with Crippen LogP contribution in [0.3, 0.4) is 0 Å². The molecule has 5 heteroatoms. The van der Waals surface area contributed by atoms with Crippen LogP contribution in [0.2, 0.25) is 0 Å². The molecule has 0 unspecified atom stereocenters. The second-order valence-corrected chi connectivity index (χ2v) is 5.97. The van der Waals surface area contributed by atoms with Gasteiger partial charge >= 0.3 is 0 Å². The predicted molar refractivity (Wildman–Crippen MR) is 66.0 cm³/mol. The first-order chi connectivity index (χ1) is 7.93. The summed E-state index contributed by atoms with van der Waals surface area (Å²) in [5.41, 5.74) is 1.32. The van der Waals surface area contributed by atoms with Crippen LogP contribution in [0.15, 0.2) is 29.3 Å². The molecule has 1 aromatic carbocycles. The lowest BCUT2D eigenvalue weighted by molar-refractivity contribution is 0.0990. The third kappa shape index (κ3) is 2.10. The van der Waals surface area contributed by atoms with Crippen molar-refractivity contribution in [1.29, 1.82) is 0 Å². The first kappa shape index (κ1) is 11.9. The molecule has 0 aliphatic carbocycles. The molecular formula is C12H13NO3S. The summed E-state index contributed by atoms with van der Waals surface area (Å²) in [4.78, 5) is 14.9. The molecular weight excluding hydrogens is 238 g/mol. The Balaban J connectivity index is 2.71. The molecule has 0 saturated heterocycles. The van der Waals surface area contributed by atoms with Crippen LogP contribution in [0.5, 0.6) is 0 Å². The van der Waals surface area contributed by atoms with Gasteiger partial charge in [-0.15, -0.1) is 0 Å². The van der Waals surface area contributed by atoms with Crippen LogP contribution in [0.4, 0.5) is 0 Å². The average Bonchev–Trinajstić information content (AvgIpc) is 2.69. The Morgan fingerprint density at radius 3 is 2.65 bits per heavy atom. The summed E-state index contributed by atoms with van der Waals surface area (Å²) in [6.45, 7) is 1.78. The Morgan fingerprint density at radius 2 is 2.06 bits per heavy atom. The fourth-order valence-electron chi connectivity index (χ4n) is 1.75. The van der Waals surface area contributed by atoms with E-state index >= 15 is 0 Å². The van der Waals surface area contributed by atoms with Gasteiger partial charge in [-0.2, -0.15) is 0 Å². The van der Waals surface area contributed by atoms with E-state index in [1.807, 2.05) is 0 Å². The highest BCUT2D eigenvalue weighted by molar-refractivity contribution is 7.90. The van der Waals surface area contributed by atoms with Crippen molar-refractivity contribution in [3.8, 4) is 0 Å². The summed E-state index contributed by atoms with van der Waals surface area (Å²) in [7, 11) is -3.25. The molecule has 2 aromatic rings. The van der Waals surface area contributed by atoms with Crippen molar-refractivity contribution in [2.45, 2.75) is 18.2 Å². The topological polar surface area (TPSA) is 67.0 Å².